The molecule has 1 N–H and O–H groups in total. The summed E-state index contributed by atoms with van der Waals surface area (Å²) in [4.78, 5) is 21.4. The number of aromatic nitrogens is 2. The van der Waals surface area contributed by atoms with Crippen LogP contribution in [0.15, 0.2) is 36.5 Å². The second-order valence-corrected chi connectivity index (χ2v) is 6.55. The molecule has 2 aromatic rings. The molecule has 1 heterocycles. The number of rotatable bonds is 5. The molecule has 23 heavy (non-hydrogen) atoms. The summed E-state index contributed by atoms with van der Waals surface area (Å²) < 4.78 is 0. The van der Waals surface area contributed by atoms with E-state index >= 15 is 0 Å². The number of carbonyl (C=O) groups excluding carboxylic acids is 1. The van der Waals surface area contributed by atoms with Crippen LogP contribution < -0.4 is 10.4 Å². The quantitative estimate of drug-likeness (QED) is 0.849. The van der Waals surface area contributed by atoms with Crippen LogP contribution in [0.25, 0.3) is 0 Å². The molecule has 2 fully saturated rings. The van der Waals surface area contributed by atoms with Crippen molar-refractivity contribution in [1.82, 2.24) is 9.97 Å². The first-order valence-corrected chi connectivity index (χ1v) is 8.27. The number of nitrogens with zero attached hydrogens (tertiary/aromatic N) is 3. The number of nitrogens with one attached hydrogen (secondary N) is 1. The zero-order valence-electron chi connectivity index (χ0n) is 12.6. The van der Waals surface area contributed by atoms with Gasteiger partial charge in [-0.3, -0.25) is 10.2 Å². The molecule has 0 unspecified atom stereocenters. The van der Waals surface area contributed by atoms with Gasteiger partial charge in [0.1, 0.15) is 0 Å². The summed E-state index contributed by atoms with van der Waals surface area (Å²) in [7, 11) is 0. The van der Waals surface area contributed by atoms with Crippen molar-refractivity contribution in [2.24, 2.45) is 5.92 Å². The standard InChI is InChI=1S/C17H17ClN4O/c18-13-5-7-14(8-6-13)22(16(23)12-3-4-12)21-17-19-10-9-15(20-17)11-1-2-11/h5-12H,1-4H2,(H,19,20,21). The molecule has 0 atom stereocenters. The molecule has 118 valence electrons. The molecule has 1 aromatic heterocycles. The highest BCUT2D eigenvalue weighted by Gasteiger charge is 2.35. The smallest absolute Gasteiger partial charge is 0.248 e. The molecule has 0 bridgehead atoms. The van der Waals surface area contributed by atoms with Crippen LogP contribution >= 0.6 is 11.6 Å². The van der Waals surface area contributed by atoms with Crippen molar-refractivity contribution in [2.75, 3.05) is 10.4 Å². The molecule has 0 radical (unpaired) electrons. The topological polar surface area (TPSA) is 58.1 Å². The first-order valence-electron chi connectivity index (χ1n) is 7.90. The average molecular weight is 329 g/mol. The van der Waals surface area contributed by atoms with Gasteiger partial charge in [-0.05, 0) is 56.0 Å². The number of hydrogen-bond donors (Lipinski definition) is 1. The second-order valence-electron chi connectivity index (χ2n) is 6.12. The van der Waals surface area contributed by atoms with Gasteiger partial charge >= 0.3 is 0 Å². The van der Waals surface area contributed by atoms with E-state index in [9.17, 15) is 4.79 Å². The predicted molar refractivity (Wildman–Crippen MR) is 89.3 cm³/mol. The van der Waals surface area contributed by atoms with E-state index in [4.69, 9.17) is 11.6 Å². The van der Waals surface area contributed by atoms with Crippen LogP contribution in [0.1, 0.15) is 37.3 Å². The number of amides is 1. The Bertz CT molecular complexity index is 726. The minimum Gasteiger partial charge on any atom is -0.272 e. The monoisotopic (exact) mass is 328 g/mol. The maximum atomic E-state index is 12.6. The molecule has 2 aliphatic carbocycles. The van der Waals surface area contributed by atoms with Crippen LogP contribution in [-0.2, 0) is 4.79 Å². The molecule has 5 nitrogen and oxygen atoms in total. The molecule has 0 aliphatic heterocycles. The molecule has 2 saturated carbocycles. The summed E-state index contributed by atoms with van der Waals surface area (Å²) in [5.41, 5.74) is 4.86. The van der Waals surface area contributed by atoms with Crippen LogP contribution in [0.4, 0.5) is 11.6 Å². The number of hydrogen-bond acceptors (Lipinski definition) is 4. The van der Waals surface area contributed by atoms with Crippen molar-refractivity contribution in [2.45, 2.75) is 31.6 Å². The highest BCUT2D eigenvalue weighted by atomic mass is 35.5. The molecule has 1 amide bonds. The first-order chi connectivity index (χ1) is 11.2. The Morgan fingerprint density at radius 1 is 1.13 bits per heavy atom. The minimum atomic E-state index is 0.0488. The Hall–Kier alpha value is -2.14. The second kappa shape index (κ2) is 5.81. The lowest BCUT2D eigenvalue weighted by Gasteiger charge is -2.23. The first kappa shape index (κ1) is 14.5. The highest BCUT2D eigenvalue weighted by molar-refractivity contribution is 6.30. The lowest BCUT2D eigenvalue weighted by atomic mass is 10.3. The third-order valence-corrected chi connectivity index (χ3v) is 4.37. The van der Waals surface area contributed by atoms with E-state index in [1.54, 1.807) is 23.3 Å². The Labute approximate surface area is 139 Å². The third kappa shape index (κ3) is 3.29. The van der Waals surface area contributed by atoms with E-state index in [0.717, 1.165) is 24.2 Å². The Morgan fingerprint density at radius 2 is 1.87 bits per heavy atom. The van der Waals surface area contributed by atoms with Gasteiger partial charge in [-0.25, -0.2) is 15.0 Å². The van der Waals surface area contributed by atoms with E-state index in [0.29, 0.717) is 16.9 Å². The van der Waals surface area contributed by atoms with E-state index < -0.39 is 0 Å². The Kier molecular flexibility index (Phi) is 3.65. The normalized spacial score (nSPS) is 16.9. The van der Waals surface area contributed by atoms with E-state index in [1.165, 1.54) is 12.8 Å². The molecule has 0 spiro atoms. The van der Waals surface area contributed by atoms with Crippen molar-refractivity contribution >= 4 is 29.1 Å². The molecular weight excluding hydrogens is 312 g/mol. The van der Waals surface area contributed by atoms with Crippen LogP contribution in [0, 0.1) is 5.92 Å². The Balaban J connectivity index is 1.60. The number of carbonyl (C=O) groups is 1. The molecule has 0 saturated heterocycles. The van der Waals surface area contributed by atoms with Crippen LogP contribution in [-0.4, -0.2) is 15.9 Å². The summed E-state index contributed by atoms with van der Waals surface area (Å²) in [5, 5.41) is 2.18. The predicted octanol–water partition coefficient (Wildman–Crippen LogP) is 3.78. The fourth-order valence-corrected chi connectivity index (χ4v) is 2.61. The van der Waals surface area contributed by atoms with Gasteiger partial charge in [0.05, 0.1) is 5.69 Å². The zero-order valence-corrected chi connectivity index (χ0v) is 13.3. The van der Waals surface area contributed by atoms with Crippen LogP contribution in [0.3, 0.4) is 0 Å². The van der Waals surface area contributed by atoms with Crippen molar-refractivity contribution in [3.05, 3.63) is 47.2 Å². The molecule has 2 aliphatic rings. The van der Waals surface area contributed by atoms with Crippen molar-refractivity contribution in [3.63, 3.8) is 0 Å². The lowest BCUT2D eigenvalue weighted by Crippen LogP contribution is -2.38. The van der Waals surface area contributed by atoms with Gasteiger partial charge in [-0.1, -0.05) is 11.6 Å². The summed E-state index contributed by atoms with van der Waals surface area (Å²) in [5.74, 6) is 1.14. The Morgan fingerprint density at radius 3 is 2.52 bits per heavy atom. The van der Waals surface area contributed by atoms with Crippen molar-refractivity contribution < 1.29 is 4.79 Å². The molecular formula is C17H17ClN4O. The lowest BCUT2D eigenvalue weighted by molar-refractivity contribution is -0.119. The number of hydrazine groups is 1. The number of halogens is 1. The van der Waals surface area contributed by atoms with Crippen LogP contribution in [0.2, 0.25) is 5.02 Å². The average Bonchev–Trinajstić information content (AvgIpc) is 3.46. The third-order valence-electron chi connectivity index (χ3n) is 4.12. The summed E-state index contributed by atoms with van der Waals surface area (Å²) >= 11 is 5.95. The maximum Gasteiger partial charge on any atom is 0.248 e. The summed E-state index contributed by atoms with van der Waals surface area (Å²) in [6.45, 7) is 0. The van der Waals surface area contributed by atoms with Gasteiger partial charge in [0.15, 0.2) is 0 Å². The van der Waals surface area contributed by atoms with Crippen molar-refractivity contribution in [3.8, 4) is 0 Å². The summed E-state index contributed by atoms with van der Waals surface area (Å²) in [6, 6.07) is 9.12. The van der Waals surface area contributed by atoms with Crippen LogP contribution in [0.5, 0.6) is 0 Å². The van der Waals surface area contributed by atoms with Crippen molar-refractivity contribution in [1.29, 1.82) is 0 Å². The maximum absolute atomic E-state index is 12.6. The van der Waals surface area contributed by atoms with Gasteiger partial charge in [-0.2, -0.15) is 0 Å². The molecule has 6 heteroatoms. The van der Waals surface area contributed by atoms with Gasteiger partial charge in [0.2, 0.25) is 11.9 Å². The largest absolute Gasteiger partial charge is 0.272 e. The molecule has 4 rings (SSSR count). The number of anilines is 2. The SMILES string of the molecule is O=C(C1CC1)N(Nc1nccc(C2CC2)n1)c1ccc(Cl)cc1. The van der Waals surface area contributed by atoms with Gasteiger partial charge < -0.3 is 0 Å². The fourth-order valence-electron chi connectivity index (χ4n) is 2.48. The zero-order chi connectivity index (χ0) is 15.8. The van der Waals surface area contributed by atoms with E-state index in [2.05, 4.69) is 15.4 Å². The minimum absolute atomic E-state index is 0.0488. The highest BCUT2D eigenvalue weighted by Crippen LogP contribution is 2.39. The van der Waals surface area contributed by atoms with Gasteiger partial charge in [0.25, 0.3) is 0 Å². The number of benzene rings is 1. The van der Waals surface area contributed by atoms with E-state index in [-0.39, 0.29) is 11.8 Å². The molecule has 1 aromatic carbocycles. The fraction of sp³-hybridized carbons (Fsp3) is 0.353. The van der Waals surface area contributed by atoms with Gasteiger partial charge in [-0.15, -0.1) is 0 Å². The summed E-state index contributed by atoms with van der Waals surface area (Å²) in [6.07, 6.45) is 5.97. The van der Waals surface area contributed by atoms with Gasteiger partial charge in [0, 0.05) is 28.7 Å². The van der Waals surface area contributed by atoms with E-state index in [1.807, 2.05) is 18.2 Å².